The average Bonchev–Trinajstić information content (AvgIpc) is 2.70. The van der Waals surface area contributed by atoms with Crippen LogP contribution in [-0.4, -0.2) is 36.2 Å². The third-order valence-electron chi connectivity index (χ3n) is 3.25. The van der Waals surface area contributed by atoms with Gasteiger partial charge in [0.2, 0.25) is 5.88 Å². The number of nitrogens with zero attached hydrogens (tertiary/aromatic N) is 3. The summed E-state index contributed by atoms with van der Waals surface area (Å²) in [6.07, 6.45) is 2.69. The van der Waals surface area contributed by atoms with Gasteiger partial charge in [0.1, 0.15) is 12.1 Å². The van der Waals surface area contributed by atoms with Gasteiger partial charge >= 0.3 is 0 Å². The zero-order valence-electron chi connectivity index (χ0n) is 9.76. The molecule has 1 saturated heterocycles. The summed E-state index contributed by atoms with van der Waals surface area (Å²) in [5.74, 6) is 2.12. The minimum Gasteiger partial charge on any atom is -0.481 e. The van der Waals surface area contributed by atoms with Crippen LogP contribution in [0.5, 0.6) is 5.88 Å². The highest BCUT2D eigenvalue weighted by Crippen LogP contribution is 2.28. The lowest BCUT2D eigenvalue weighted by Crippen LogP contribution is -2.38. The summed E-state index contributed by atoms with van der Waals surface area (Å²) >= 11 is 0. The van der Waals surface area contributed by atoms with Gasteiger partial charge in [-0.2, -0.15) is 0 Å². The molecule has 1 aliphatic heterocycles. The number of methoxy groups -OCH3 is 1. The topological polar surface area (TPSA) is 64.3 Å². The fourth-order valence-corrected chi connectivity index (χ4v) is 2.25. The molecule has 0 aliphatic carbocycles. The van der Waals surface area contributed by atoms with Crippen LogP contribution in [0.3, 0.4) is 0 Å². The minimum absolute atomic E-state index is 0.375. The summed E-state index contributed by atoms with van der Waals surface area (Å²) in [4.78, 5) is 10.5. The first-order chi connectivity index (χ1) is 7.76. The second kappa shape index (κ2) is 4.65. The SMILES string of the molecule is COc1cc(N2CCC(C)C2CN)ncn1. The predicted octanol–water partition coefficient (Wildman–Crippen LogP) is 0.659. The summed E-state index contributed by atoms with van der Waals surface area (Å²) in [6.45, 7) is 3.90. The van der Waals surface area contributed by atoms with Crippen LogP contribution in [0.1, 0.15) is 13.3 Å². The van der Waals surface area contributed by atoms with Crippen molar-refractivity contribution >= 4 is 5.82 Å². The standard InChI is InChI=1S/C11H18N4O/c1-8-3-4-15(9(8)6-12)10-5-11(16-2)14-7-13-10/h5,7-9H,3-4,6,12H2,1-2H3. The Kier molecular flexibility index (Phi) is 3.24. The summed E-state index contributed by atoms with van der Waals surface area (Å²) in [5.41, 5.74) is 5.81. The van der Waals surface area contributed by atoms with Crippen LogP contribution >= 0.6 is 0 Å². The van der Waals surface area contributed by atoms with Gasteiger partial charge in [0.25, 0.3) is 0 Å². The lowest BCUT2D eigenvalue weighted by atomic mass is 10.0. The van der Waals surface area contributed by atoms with E-state index in [1.54, 1.807) is 7.11 Å². The van der Waals surface area contributed by atoms with E-state index in [1.807, 2.05) is 6.07 Å². The third kappa shape index (κ3) is 1.95. The van der Waals surface area contributed by atoms with E-state index < -0.39 is 0 Å². The van der Waals surface area contributed by atoms with Crippen LogP contribution in [0, 0.1) is 5.92 Å². The van der Waals surface area contributed by atoms with E-state index >= 15 is 0 Å². The second-order valence-corrected chi connectivity index (χ2v) is 4.18. The van der Waals surface area contributed by atoms with Gasteiger partial charge < -0.3 is 15.4 Å². The second-order valence-electron chi connectivity index (χ2n) is 4.18. The number of ether oxygens (including phenoxy) is 1. The molecule has 5 nitrogen and oxygen atoms in total. The van der Waals surface area contributed by atoms with Crippen molar-refractivity contribution in [1.29, 1.82) is 0 Å². The van der Waals surface area contributed by atoms with E-state index in [0.717, 1.165) is 18.8 Å². The molecule has 16 heavy (non-hydrogen) atoms. The van der Waals surface area contributed by atoms with Crippen LogP contribution < -0.4 is 15.4 Å². The summed E-state index contributed by atoms with van der Waals surface area (Å²) in [5, 5.41) is 0. The quantitative estimate of drug-likeness (QED) is 0.814. The molecule has 0 bridgehead atoms. The van der Waals surface area contributed by atoms with Crippen molar-refractivity contribution in [2.24, 2.45) is 11.7 Å². The molecule has 2 atom stereocenters. The molecule has 0 radical (unpaired) electrons. The molecule has 5 heteroatoms. The molecule has 1 fully saturated rings. The molecule has 1 aromatic heterocycles. The van der Waals surface area contributed by atoms with Crippen molar-refractivity contribution in [1.82, 2.24) is 9.97 Å². The van der Waals surface area contributed by atoms with Gasteiger partial charge in [-0.25, -0.2) is 9.97 Å². The van der Waals surface area contributed by atoms with Crippen LogP contribution in [-0.2, 0) is 0 Å². The molecule has 0 amide bonds. The maximum atomic E-state index is 5.81. The van der Waals surface area contributed by atoms with E-state index in [1.165, 1.54) is 6.33 Å². The minimum atomic E-state index is 0.375. The highest BCUT2D eigenvalue weighted by Gasteiger charge is 2.30. The van der Waals surface area contributed by atoms with Crippen molar-refractivity contribution in [3.8, 4) is 5.88 Å². The van der Waals surface area contributed by atoms with Crippen molar-refractivity contribution in [3.63, 3.8) is 0 Å². The van der Waals surface area contributed by atoms with Crippen molar-refractivity contribution in [2.75, 3.05) is 25.1 Å². The molecular formula is C11H18N4O. The van der Waals surface area contributed by atoms with Crippen LogP contribution in [0.15, 0.2) is 12.4 Å². The smallest absolute Gasteiger partial charge is 0.218 e. The summed E-state index contributed by atoms with van der Waals surface area (Å²) in [7, 11) is 1.61. The molecule has 0 spiro atoms. The summed E-state index contributed by atoms with van der Waals surface area (Å²) in [6, 6.07) is 2.24. The van der Waals surface area contributed by atoms with Gasteiger partial charge in [-0.15, -0.1) is 0 Å². The molecule has 2 unspecified atom stereocenters. The fourth-order valence-electron chi connectivity index (χ4n) is 2.25. The molecule has 2 heterocycles. The highest BCUT2D eigenvalue weighted by atomic mass is 16.5. The van der Waals surface area contributed by atoms with Gasteiger partial charge in [-0.05, 0) is 12.3 Å². The normalized spacial score (nSPS) is 24.8. The van der Waals surface area contributed by atoms with Gasteiger partial charge in [0, 0.05) is 25.2 Å². The molecule has 0 saturated carbocycles. The van der Waals surface area contributed by atoms with E-state index in [9.17, 15) is 0 Å². The Labute approximate surface area is 95.6 Å². The number of rotatable bonds is 3. The Hall–Kier alpha value is -1.36. The summed E-state index contributed by atoms with van der Waals surface area (Å²) < 4.78 is 5.10. The van der Waals surface area contributed by atoms with Gasteiger partial charge in [0.15, 0.2) is 0 Å². The van der Waals surface area contributed by atoms with Crippen molar-refractivity contribution in [3.05, 3.63) is 12.4 Å². The van der Waals surface area contributed by atoms with Crippen LogP contribution in [0.2, 0.25) is 0 Å². The Morgan fingerprint density at radius 1 is 1.56 bits per heavy atom. The van der Waals surface area contributed by atoms with Crippen molar-refractivity contribution in [2.45, 2.75) is 19.4 Å². The van der Waals surface area contributed by atoms with Gasteiger partial charge in [-0.1, -0.05) is 6.92 Å². The molecular weight excluding hydrogens is 204 g/mol. The van der Waals surface area contributed by atoms with Gasteiger partial charge in [-0.3, -0.25) is 0 Å². The number of anilines is 1. The lowest BCUT2D eigenvalue weighted by Gasteiger charge is -2.26. The average molecular weight is 222 g/mol. The molecule has 2 rings (SSSR count). The Balaban J connectivity index is 2.22. The molecule has 2 N–H and O–H groups in total. The van der Waals surface area contributed by atoms with Crippen molar-refractivity contribution < 1.29 is 4.74 Å². The first kappa shape index (κ1) is 11.1. The largest absolute Gasteiger partial charge is 0.481 e. The van der Waals surface area contributed by atoms with Crippen LogP contribution in [0.25, 0.3) is 0 Å². The fraction of sp³-hybridized carbons (Fsp3) is 0.636. The molecule has 88 valence electrons. The van der Waals surface area contributed by atoms with E-state index in [4.69, 9.17) is 10.5 Å². The van der Waals surface area contributed by atoms with Crippen LogP contribution in [0.4, 0.5) is 5.82 Å². The zero-order valence-corrected chi connectivity index (χ0v) is 9.76. The number of aromatic nitrogens is 2. The number of hydrogen-bond donors (Lipinski definition) is 1. The third-order valence-corrected chi connectivity index (χ3v) is 3.25. The first-order valence-corrected chi connectivity index (χ1v) is 5.59. The van der Waals surface area contributed by atoms with E-state index in [2.05, 4.69) is 21.8 Å². The zero-order chi connectivity index (χ0) is 11.5. The number of nitrogens with two attached hydrogens (primary N) is 1. The number of hydrogen-bond acceptors (Lipinski definition) is 5. The van der Waals surface area contributed by atoms with E-state index in [-0.39, 0.29) is 0 Å². The molecule has 0 aromatic carbocycles. The lowest BCUT2D eigenvalue weighted by molar-refractivity contribution is 0.396. The predicted molar refractivity (Wildman–Crippen MR) is 62.6 cm³/mol. The molecule has 1 aliphatic rings. The Morgan fingerprint density at radius 2 is 2.38 bits per heavy atom. The maximum absolute atomic E-state index is 5.81. The van der Waals surface area contributed by atoms with E-state index in [0.29, 0.717) is 24.4 Å². The Bertz CT molecular complexity index is 358. The highest BCUT2D eigenvalue weighted by molar-refractivity contribution is 5.43. The first-order valence-electron chi connectivity index (χ1n) is 5.59. The monoisotopic (exact) mass is 222 g/mol. The maximum Gasteiger partial charge on any atom is 0.218 e. The Morgan fingerprint density at radius 3 is 3.06 bits per heavy atom. The van der Waals surface area contributed by atoms with Gasteiger partial charge in [0.05, 0.1) is 7.11 Å². The molecule has 1 aromatic rings.